The second-order valence-corrected chi connectivity index (χ2v) is 10.00. The van der Waals surface area contributed by atoms with Crippen molar-refractivity contribution >= 4 is 41.0 Å². The first-order valence-electron chi connectivity index (χ1n) is 10.7. The number of hydrogen-bond donors (Lipinski definition) is 0. The SMILES string of the molecule is C[C@@H]1CN(c2nc(Cl)c(Cl)c3c2C(=O)N2CCN(C(=O)OC(C)(C)C)C[C@@H]2CO3)CCO1. The van der Waals surface area contributed by atoms with Crippen molar-refractivity contribution in [3.8, 4) is 5.75 Å². The molecule has 0 spiro atoms. The fourth-order valence-electron chi connectivity index (χ4n) is 4.15. The second-order valence-electron chi connectivity index (χ2n) is 9.26. The van der Waals surface area contributed by atoms with Crippen LogP contribution in [0.25, 0.3) is 0 Å². The van der Waals surface area contributed by atoms with Crippen molar-refractivity contribution in [2.24, 2.45) is 0 Å². The van der Waals surface area contributed by atoms with Crippen molar-refractivity contribution < 1.29 is 23.8 Å². The molecule has 4 rings (SSSR count). The summed E-state index contributed by atoms with van der Waals surface area (Å²) in [5.41, 5.74) is -0.290. The highest BCUT2D eigenvalue weighted by Crippen LogP contribution is 2.42. The number of ether oxygens (including phenoxy) is 3. The van der Waals surface area contributed by atoms with Crippen molar-refractivity contribution in [1.82, 2.24) is 14.8 Å². The Bertz CT molecular complexity index is 922. The van der Waals surface area contributed by atoms with Crippen molar-refractivity contribution in [1.29, 1.82) is 0 Å². The summed E-state index contributed by atoms with van der Waals surface area (Å²) in [6.45, 7) is 10.3. The summed E-state index contributed by atoms with van der Waals surface area (Å²) in [4.78, 5) is 36.0. The van der Waals surface area contributed by atoms with E-state index in [1.165, 1.54) is 0 Å². The number of morpholine rings is 1. The number of amides is 2. The first-order valence-corrected chi connectivity index (χ1v) is 11.5. The maximum absolute atomic E-state index is 13.7. The van der Waals surface area contributed by atoms with Gasteiger partial charge in [-0.3, -0.25) is 4.79 Å². The van der Waals surface area contributed by atoms with Crippen LogP contribution in [-0.2, 0) is 9.47 Å². The van der Waals surface area contributed by atoms with Crippen molar-refractivity contribution in [3.05, 3.63) is 15.7 Å². The van der Waals surface area contributed by atoms with Crippen LogP contribution in [0.3, 0.4) is 0 Å². The van der Waals surface area contributed by atoms with Gasteiger partial charge in [-0.2, -0.15) is 0 Å². The summed E-state index contributed by atoms with van der Waals surface area (Å²) in [5, 5.41) is 0.200. The number of rotatable bonds is 1. The van der Waals surface area contributed by atoms with Crippen LogP contribution >= 0.6 is 23.2 Å². The van der Waals surface area contributed by atoms with E-state index in [0.717, 1.165) is 0 Å². The van der Waals surface area contributed by atoms with Crippen molar-refractivity contribution in [2.75, 3.05) is 50.8 Å². The van der Waals surface area contributed by atoms with Gasteiger partial charge in [0.2, 0.25) is 0 Å². The van der Waals surface area contributed by atoms with Gasteiger partial charge in [0.1, 0.15) is 28.6 Å². The van der Waals surface area contributed by atoms with Crippen molar-refractivity contribution in [2.45, 2.75) is 45.4 Å². The molecule has 1 aromatic rings. The van der Waals surface area contributed by atoms with Gasteiger partial charge in [0.05, 0.1) is 18.8 Å². The molecule has 2 fully saturated rings. The van der Waals surface area contributed by atoms with E-state index in [1.807, 2.05) is 32.6 Å². The van der Waals surface area contributed by atoms with Gasteiger partial charge in [-0.25, -0.2) is 9.78 Å². The molecule has 176 valence electrons. The number of anilines is 1. The molecular weight excluding hydrogens is 459 g/mol. The fourth-order valence-corrected chi connectivity index (χ4v) is 4.51. The molecule has 0 N–H and O–H groups in total. The molecule has 32 heavy (non-hydrogen) atoms. The van der Waals surface area contributed by atoms with Crippen LogP contribution in [0.2, 0.25) is 10.2 Å². The Balaban J connectivity index is 1.63. The summed E-state index contributed by atoms with van der Waals surface area (Å²) in [5.74, 6) is 0.459. The maximum Gasteiger partial charge on any atom is 0.410 e. The smallest absolute Gasteiger partial charge is 0.410 e. The zero-order valence-corrected chi connectivity index (χ0v) is 20.2. The van der Waals surface area contributed by atoms with Gasteiger partial charge < -0.3 is 28.9 Å². The van der Waals surface area contributed by atoms with Crippen LogP contribution in [0.15, 0.2) is 0 Å². The molecule has 3 aliphatic rings. The van der Waals surface area contributed by atoms with Crippen LogP contribution in [0.4, 0.5) is 10.6 Å². The van der Waals surface area contributed by atoms with Gasteiger partial charge in [-0.15, -0.1) is 0 Å². The van der Waals surface area contributed by atoms with Crippen LogP contribution in [0.1, 0.15) is 38.1 Å². The van der Waals surface area contributed by atoms with Crippen LogP contribution in [0.5, 0.6) is 5.75 Å². The van der Waals surface area contributed by atoms with E-state index in [9.17, 15) is 9.59 Å². The Kier molecular flexibility index (Phi) is 6.35. The standard InChI is InChI=1S/C21H28Cl2N4O5/c1-12-9-25(7-8-30-12)18-14-16(15(22)17(23)24-18)31-11-13-10-26(5-6-27(13)19(14)28)20(29)32-21(2,3)4/h12-13H,5-11H2,1-4H3/t12-,13-/m1/s1. The number of carbonyl (C=O) groups is 2. The molecule has 0 aromatic carbocycles. The van der Waals surface area contributed by atoms with Gasteiger partial charge in [-0.1, -0.05) is 23.2 Å². The van der Waals surface area contributed by atoms with Crippen LogP contribution in [0, 0.1) is 0 Å². The average molecular weight is 487 g/mol. The highest BCUT2D eigenvalue weighted by Gasteiger charge is 2.41. The van der Waals surface area contributed by atoms with Gasteiger partial charge in [0, 0.05) is 32.7 Å². The zero-order valence-electron chi connectivity index (χ0n) is 18.7. The third-order valence-corrected chi connectivity index (χ3v) is 6.33. The van der Waals surface area contributed by atoms with Gasteiger partial charge in [0.15, 0.2) is 10.9 Å². The van der Waals surface area contributed by atoms with E-state index in [4.69, 9.17) is 37.4 Å². The summed E-state index contributed by atoms with van der Waals surface area (Å²) in [6, 6.07) is -0.345. The minimum absolute atomic E-state index is 0.0115. The average Bonchev–Trinajstić information content (AvgIpc) is 2.86. The molecule has 11 heteroatoms. The Morgan fingerprint density at radius 2 is 1.94 bits per heavy atom. The number of piperazine rings is 1. The highest BCUT2D eigenvalue weighted by atomic mass is 35.5. The third-order valence-electron chi connectivity index (χ3n) is 5.61. The van der Waals surface area contributed by atoms with Gasteiger partial charge in [-0.05, 0) is 27.7 Å². The monoisotopic (exact) mass is 486 g/mol. The molecule has 3 aliphatic heterocycles. The lowest BCUT2D eigenvalue weighted by Gasteiger charge is -2.40. The number of carbonyl (C=O) groups excluding carboxylic acids is 2. The molecule has 0 bridgehead atoms. The predicted molar refractivity (Wildman–Crippen MR) is 120 cm³/mol. The topological polar surface area (TPSA) is 84.4 Å². The summed E-state index contributed by atoms with van der Waals surface area (Å²) < 4.78 is 17.2. The Labute approximate surface area is 197 Å². The van der Waals surface area contributed by atoms with E-state index in [-0.39, 0.29) is 40.6 Å². The molecule has 0 saturated carbocycles. The lowest BCUT2D eigenvalue weighted by molar-refractivity contribution is 0.000951. The highest BCUT2D eigenvalue weighted by molar-refractivity contribution is 6.42. The van der Waals surface area contributed by atoms with E-state index in [0.29, 0.717) is 50.7 Å². The lowest BCUT2D eigenvalue weighted by Crippen LogP contribution is -2.58. The number of nitrogens with zero attached hydrogens (tertiary/aromatic N) is 4. The van der Waals surface area contributed by atoms with Crippen LogP contribution in [-0.4, -0.2) is 90.5 Å². The zero-order chi connectivity index (χ0) is 23.2. The summed E-state index contributed by atoms with van der Waals surface area (Å²) in [7, 11) is 0. The quantitative estimate of drug-likeness (QED) is 0.563. The predicted octanol–water partition coefficient (Wildman–Crippen LogP) is 3.07. The number of aromatic nitrogens is 1. The first kappa shape index (κ1) is 23.2. The van der Waals surface area contributed by atoms with Gasteiger partial charge in [0.25, 0.3) is 5.91 Å². The Morgan fingerprint density at radius 1 is 1.19 bits per heavy atom. The van der Waals surface area contributed by atoms with E-state index < -0.39 is 11.7 Å². The third kappa shape index (κ3) is 4.56. The minimum atomic E-state index is -0.597. The van der Waals surface area contributed by atoms with E-state index in [1.54, 1.807) is 9.80 Å². The molecule has 2 saturated heterocycles. The summed E-state index contributed by atoms with van der Waals surface area (Å²) >= 11 is 12.7. The number of hydrogen-bond acceptors (Lipinski definition) is 7. The lowest BCUT2D eigenvalue weighted by atomic mass is 10.1. The molecule has 0 aliphatic carbocycles. The number of pyridine rings is 1. The van der Waals surface area contributed by atoms with E-state index >= 15 is 0 Å². The normalized spacial score (nSPS) is 23.8. The number of halogens is 2. The molecule has 1 aromatic heterocycles. The molecular formula is C21H28Cl2N4O5. The molecule has 9 nitrogen and oxygen atoms in total. The molecule has 0 unspecified atom stereocenters. The fraction of sp³-hybridized carbons (Fsp3) is 0.667. The maximum atomic E-state index is 13.7. The van der Waals surface area contributed by atoms with Crippen molar-refractivity contribution in [3.63, 3.8) is 0 Å². The summed E-state index contributed by atoms with van der Waals surface area (Å²) in [6.07, 6.45) is -0.417. The molecule has 2 amide bonds. The molecule has 0 radical (unpaired) electrons. The molecule has 4 heterocycles. The van der Waals surface area contributed by atoms with E-state index in [2.05, 4.69) is 4.98 Å². The number of fused-ring (bicyclic) bond motifs is 2. The minimum Gasteiger partial charge on any atom is -0.489 e. The Morgan fingerprint density at radius 3 is 2.62 bits per heavy atom. The first-order chi connectivity index (χ1) is 15.0. The second kappa shape index (κ2) is 8.76. The molecule has 2 atom stereocenters. The largest absolute Gasteiger partial charge is 0.489 e. The van der Waals surface area contributed by atoms with Crippen LogP contribution < -0.4 is 9.64 Å². The van der Waals surface area contributed by atoms with Gasteiger partial charge >= 0.3 is 6.09 Å². The Hall–Kier alpha value is -1.97.